The molecule has 1 saturated carbocycles. The van der Waals surface area contributed by atoms with Crippen molar-refractivity contribution >= 4 is 5.96 Å². The molecule has 0 radical (unpaired) electrons. The number of aryl methyl sites for hydroxylation is 1. The normalized spacial score (nSPS) is 18.8. The van der Waals surface area contributed by atoms with Crippen molar-refractivity contribution in [3.8, 4) is 0 Å². The highest BCUT2D eigenvalue weighted by molar-refractivity contribution is 5.79. The fourth-order valence-corrected chi connectivity index (χ4v) is 4.40. The molecule has 2 fully saturated rings. The molecule has 2 N–H and O–H groups in total. The Morgan fingerprint density at radius 1 is 1.00 bits per heavy atom. The van der Waals surface area contributed by atoms with Crippen molar-refractivity contribution in [1.29, 1.82) is 0 Å². The van der Waals surface area contributed by atoms with Gasteiger partial charge in [-0.25, -0.2) is 0 Å². The summed E-state index contributed by atoms with van der Waals surface area (Å²) in [6, 6.07) is 17.5. The summed E-state index contributed by atoms with van der Waals surface area (Å²) in [4.78, 5) is 6.93. The van der Waals surface area contributed by atoms with E-state index in [0.29, 0.717) is 0 Å². The molecule has 2 aromatic carbocycles. The topological polar surface area (TPSA) is 48.9 Å². The Labute approximate surface area is 180 Å². The predicted molar refractivity (Wildman–Crippen MR) is 123 cm³/mol. The SMILES string of the molecule is CN=C(NCc1ccccc1CN1CCOCC1)NCC1(c2ccccc2C)CC1. The largest absolute Gasteiger partial charge is 0.379 e. The lowest BCUT2D eigenvalue weighted by Gasteiger charge is -2.27. The van der Waals surface area contributed by atoms with E-state index < -0.39 is 0 Å². The van der Waals surface area contributed by atoms with Crippen LogP contribution in [0.15, 0.2) is 53.5 Å². The number of benzene rings is 2. The van der Waals surface area contributed by atoms with Gasteiger partial charge in [0.05, 0.1) is 13.2 Å². The number of ether oxygens (including phenoxy) is 1. The van der Waals surface area contributed by atoms with E-state index in [-0.39, 0.29) is 5.41 Å². The lowest BCUT2D eigenvalue weighted by molar-refractivity contribution is 0.0341. The first-order chi connectivity index (χ1) is 14.7. The van der Waals surface area contributed by atoms with Gasteiger partial charge in [0, 0.05) is 45.2 Å². The highest BCUT2D eigenvalue weighted by atomic mass is 16.5. The maximum Gasteiger partial charge on any atom is 0.191 e. The standard InChI is InChI=1S/C25H34N4O/c1-20-7-3-6-10-23(20)25(11-12-25)19-28-24(26-2)27-17-21-8-4-5-9-22(21)18-29-13-15-30-16-14-29/h3-10H,11-19H2,1-2H3,(H2,26,27,28). The van der Waals surface area contributed by atoms with Gasteiger partial charge in [-0.2, -0.15) is 0 Å². The second-order valence-corrected chi connectivity index (χ2v) is 8.53. The van der Waals surface area contributed by atoms with Crippen molar-refractivity contribution in [3.63, 3.8) is 0 Å². The molecule has 2 aromatic rings. The van der Waals surface area contributed by atoms with E-state index in [1.807, 2.05) is 7.05 Å². The molecule has 0 unspecified atom stereocenters. The van der Waals surface area contributed by atoms with Crippen molar-refractivity contribution < 1.29 is 4.74 Å². The summed E-state index contributed by atoms with van der Waals surface area (Å²) in [5, 5.41) is 7.11. The van der Waals surface area contributed by atoms with Crippen molar-refractivity contribution in [3.05, 3.63) is 70.8 Å². The van der Waals surface area contributed by atoms with Gasteiger partial charge in [0.25, 0.3) is 0 Å². The lowest BCUT2D eigenvalue weighted by Crippen LogP contribution is -2.41. The molecular weight excluding hydrogens is 372 g/mol. The highest BCUT2D eigenvalue weighted by Gasteiger charge is 2.44. The molecule has 1 aliphatic heterocycles. The maximum absolute atomic E-state index is 5.48. The van der Waals surface area contributed by atoms with E-state index in [1.165, 1.54) is 35.1 Å². The quantitative estimate of drug-likeness (QED) is 0.548. The fourth-order valence-electron chi connectivity index (χ4n) is 4.40. The summed E-state index contributed by atoms with van der Waals surface area (Å²) in [7, 11) is 1.85. The number of guanidine groups is 1. The Morgan fingerprint density at radius 3 is 2.40 bits per heavy atom. The lowest BCUT2D eigenvalue weighted by atomic mass is 9.92. The highest BCUT2D eigenvalue weighted by Crippen LogP contribution is 2.48. The molecule has 160 valence electrons. The molecule has 5 heteroatoms. The Balaban J connectivity index is 1.34. The first-order valence-corrected chi connectivity index (χ1v) is 11.1. The summed E-state index contributed by atoms with van der Waals surface area (Å²) in [6.45, 7) is 8.57. The van der Waals surface area contributed by atoms with E-state index in [0.717, 1.165) is 51.9 Å². The Kier molecular flexibility index (Phi) is 6.70. The Bertz CT molecular complexity index is 869. The van der Waals surface area contributed by atoms with Crippen LogP contribution in [0.4, 0.5) is 0 Å². The molecule has 5 nitrogen and oxygen atoms in total. The molecule has 30 heavy (non-hydrogen) atoms. The van der Waals surface area contributed by atoms with Crippen LogP contribution >= 0.6 is 0 Å². The number of hydrogen-bond acceptors (Lipinski definition) is 3. The van der Waals surface area contributed by atoms with E-state index in [4.69, 9.17) is 4.74 Å². The third kappa shape index (κ3) is 5.02. The monoisotopic (exact) mass is 406 g/mol. The Morgan fingerprint density at radius 2 is 1.70 bits per heavy atom. The second-order valence-electron chi connectivity index (χ2n) is 8.53. The van der Waals surface area contributed by atoms with E-state index in [2.05, 4.69) is 76.0 Å². The van der Waals surface area contributed by atoms with Crippen LogP contribution in [-0.4, -0.2) is 50.8 Å². The predicted octanol–water partition coefficient (Wildman–Crippen LogP) is 3.22. The van der Waals surface area contributed by atoms with Gasteiger partial charge in [0.1, 0.15) is 0 Å². The number of nitrogens with zero attached hydrogens (tertiary/aromatic N) is 2. The number of rotatable bonds is 7. The van der Waals surface area contributed by atoms with Crippen LogP contribution in [-0.2, 0) is 23.2 Å². The van der Waals surface area contributed by atoms with Gasteiger partial charge in [-0.3, -0.25) is 9.89 Å². The molecule has 1 saturated heterocycles. The minimum atomic E-state index is 0.261. The van der Waals surface area contributed by atoms with E-state index in [1.54, 1.807) is 0 Å². The molecular formula is C25H34N4O. The zero-order valence-electron chi connectivity index (χ0n) is 18.3. The van der Waals surface area contributed by atoms with Crippen LogP contribution in [0, 0.1) is 6.92 Å². The summed E-state index contributed by atoms with van der Waals surface area (Å²) < 4.78 is 5.48. The number of aliphatic imine (C=N–C) groups is 1. The molecule has 0 spiro atoms. The van der Waals surface area contributed by atoms with Crippen molar-refractivity contribution in [2.24, 2.45) is 4.99 Å². The first-order valence-electron chi connectivity index (χ1n) is 11.1. The van der Waals surface area contributed by atoms with Gasteiger partial charge in [-0.1, -0.05) is 48.5 Å². The molecule has 0 amide bonds. The third-order valence-electron chi connectivity index (χ3n) is 6.45. The average molecular weight is 407 g/mol. The molecule has 0 aromatic heterocycles. The minimum absolute atomic E-state index is 0.261. The van der Waals surface area contributed by atoms with Crippen LogP contribution in [0.1, 0.15) is 35.1 Å². The fraction of sp³-hybridized carbons (Fsp3) is 0.480. The van der Waals surface area contributed by atoms with Crippen LogP contribution in [0.2, 0.25) is 0 Å². The van der Waals surface area contributed by atoms with Gasteiger partial charge >= 0.3 is 0 Å². The number of hydrogen-bond donors (Lipinski definition) is 2. The molecule has 1 heterocycles. The molecule has 0 bridgehead atoms. The van der Waals surface area contributed by atoms with Crippen LogP contribution in [0.25, 0.3) is 0 Å². The number of nitrogens with one attached hydrogen (secondary N) is 2. The van der Waals surface area contributed by atoms with Crippen LogP contribution in [0.3, 0.4) is 0 Å². The third-order valence-corrected chi connectivity index (χ3v) is 6.45. The zero-order valence-corrected chi connectivity index (χ0v) is 18.3. The molecule has 1 aliphatic carbocycles. The van der Waals surface area contributed by atoms with Crippen molar-refractivity contribution in [2.45, 2.75) is 38.3 Å². The van der Waals surface area contributed by atoms with E-state index >= 15 is 0 Å². The molecule has 0 atom stereocenters. The van der Waals surface area contributed by atoms with E-state index in [9.17, 15) is 0 Å². The summed E-state index contributed by atoms with van der Waals surface area (Å²) >= 11 is 0. The van der Waals surface area contributed by atoms with Gasteiger partial charge in [-0.05, 0) is 42.0 Å². The van der Waals surface area contributed by atoms with Gasteiger partial charge in [0.2, 0.25) is 0 Å². The molecule has 2 aliphatic rings. The van der Waals surface area contributed by atoms with Gasteiger partial charge in [0.15, 0.2) is 5.96 Å². The van der Waals surface area contributed by atoms with Crippen molar-refractivity contribution in [1.82, 2.24) is 15.5 Å². The van der Waals surface area contributed by atoms with Crippen LogP contribution < -0.4 is 10.6 Å². The summed E-state index contributed by atoms with van der Waals surface area (Å²) in [5.41, 5.74) is 5.82. The van der Waals surface area contributed by atoms with Gasteiger partial charge in [-0.15, -0.1) is 0 Å². The first kappa shape index (κ1) is 20.9. The number of morpholine rings is 1. The summed E-state index contributed by atoms with van der Waals surface area (Å²) in [6.07, 6.45) is 2.48. The van der Waals surface area contributed by atoms with Crippen molar-refractivity contribution in [2.75, 3.05) is 39.9 Å². The average Bonchev–Trinajstić information content (AvgIpc) is 3.57. The van der Waals surface area contributed by atoms with Gasteiger partial charge < -0.3 is 15.4 Å². The minimum Gasteiger partial charge on any atom is -0.379 e. The Hall–Kier alpha value is -2.37. The smallest absolute Gasteiger partial charge is 0.191 e. The molecule has 4 rings (SSSR count). The maximum atomic E-state index is 5.48. The van der Waals surface area contributed by atoms with Crippen LogP contribution in [0.5, 0.6) is 0 Å². The zero-order chi connectivity index (χ0) is 20.8. The summed E-state index contributed by atoms with van der Waals surface area (Å²) in [5.74, 6) is 0.871. The second kappa shape index (κ2) is 9.63.